The Labute approximate surface area is 124 Å². The predicted octanol–water partition coefficient (Wildman–Crippen LogP) is 2.63. The van der Waals surface area contributed by atoms with Crippen molar-refractivity contribution in [3.63, 3.8) is 0 Å². The highest BCUT2D eigenvalue weighted by atomic mass is 35.5. The smallest absolute Gasteiger partial charge is 0.325 e. The van der Waals surface area contributed by atoms with Gasteiger partial charge in [0.1, 0.15) is 12.1 Å². The zero-order chi connectivity index (χ0) is 14.5. The fraction of sp³-hybridized carbons (Fsp3) is 0.250. The number of anilines is 1. The molecule has 0 fully saturated rings. The molecule has 106 valence electrons. The first-order valence-corrected chi connectivity index (χ1v) is 7.05. The van der Waals surface area contributed by atoms with Crippen molar-refractivity contribution in [3.8, 4) is 0 Å². The van der Waals surface area contributed by atoms with Gasteiger partial charge < -0.3 is 10.1 Å². The topological polar surface area (TPSA) is 80.3 Å². The lowest BCUT2D eigenvalue weighted by Gasteiger charge is -2.04. The van der Waals surface area contributed by atoms with Gasteiger partial charge in [0, 0.05) is 0 Å². The number of urea groups is 1. The van der Waals surface area contributed by atoms with Gasteiger partial charge >= 0.3 is 12.0 Å². The average Bonchev–Trinajstić information content (AvgIpc) is 2.81. The number of halogens is 1. The second-order valence-electron chi connectivity index (χ2n) is 3.72. The summed E-state index contributed by atoms with van der Waals surface area (Å²) in [6, 6.07) is 4.88. The van der Waals surface area contributed by atoms with E-state index in [1.165, 1.54) is 11.3 Å². The van der Waals surface area contributed by atoms with Crippen LogP contribution in [-0.4, -0.2) is 30.1 Å². The largest absolute Gasteiger partial charge is 0.465 e. The number of carbonyl (C=O) groups is 2. The number of benzene rings is 1. The van der Waals surface area contributed by atoms with Gasteiger partial charge in [-0.2, -0.15) is 0 Å². The molecule has 8 heteroatoms. The van der Waals surface area contributed by atoms with Crippen LogP contribution in [0, 0.1) is 0 Å². The molecule has 2 N–H and O–H groups in total. The van der Waals surface area contributed by atoms with Crippen LogP contribution < -0.4 is 10.6 Å². The summed E-state index contributed by atoms with van der Waals surface area (Å²) in [4.78, 5) is 26.9. The molecule has 0 aliphatic rings. The Morgan fingerprint density at radius 1 is 1.45 bits per heavy atom. The molecule has 0 saturated carbocycles. The maximum absolute atomic E-state index is 11.6. The molecular weight excluding hydrogens is 302 g/mol. The number of nitrogens with zero attached hydrogens (tertiary/aromatic N) is 1. The predicted molar refractivity (Wildman–Crippen MR) is 78.3 cm³/mol. The second kappa shape index (κ2) is 6.53. The summed E-state index contributed by atoms with van der Waals surface area (Å²) >= 11 is 7.30. The normalized spacial score (nSPS) is 10.3. The van der Waals surface area contributed by atoms with Crippen LogP contribution in [0.5, 0.6) is 0 Å². The molecule has 1 aromatic heterocycles. The number of thiazole rings is 1. The Morgan fingerprint density at radius 2 is 2.25 bits per heavy atom. The van der Waals surface area contributed by atoms with E-state index >= 15 is 0 Å². The molecule has 0 radical (unpaired) electrons. The first-order chi connectivity index (χ1) is 9.60. The SMILES string of the molecule is CCOC(=O)CNC(=O)Nc1nc2c(Cl)cccc2s1. The lowest BCUT2D eigenvalue weighted by Crippen LogP contribution is -2.34. The van der Waals surface area contributed by atoms with E-state index in [4.69, 9.17) is 16.3 Å². The van der Waals surface area contributed by atoms with Gasteiger partial charge in [-0.1, -0.05) is 29.0 Å². The summed E-state index contributed by atoms with van der Waals surface area (Å²) in [6.45, 7) is 1.78. The summed E-state index contributed by atoms with van der Waals surface area (Å²) in [5.41, 5.74) is 0.639. The highest BCUT2D eigenvalue weighted by Crippen LogP contribution is 2.30. The van der Waals surface area contributed by atoms with Crippen molar-refractivity contribution in [2.45, 2.75) is 6.92 Å². The highest BCUT2D eigenvalue weighted by Gasteiger charge is 2.10. The number of nitrogens with one attached hydrogen (secondary N) is 2. The van der Waals surface area contributed by atoms with E-state index in [-0.39, 0.29) is 13.2 Å². The Balaban J connectivity index is 1.96. The van der Waals surface area contributed by atoms with Crippen LogP contribution >= 0.6 is 22.9 Å². The third-order valence-corrected chi connectivity index (χ3v) is 3.53. The monoisotopic (exact) mass is 313 g/mol. The Bertz CT molecular complexity index is 644. The zero-order valence-corrected chi connectivity index (χ0v) is 12.2. The summed E-state index contributed by atoms with van der Waals surface area (Å²) in [7, 11) is 0. The summed E-state index contributed by atoms with van der Waals surface area (Å²) in [6.07, 6.45) is 0. The van der Waals surface area contributed by atoms with Gasteiger partial charge in [0.15, 0.2) is 5.13 Å². The Kier molecular flexibility index (Phi) is 4.75. The number of hydrogen-bond donors (Lipinski definition) is 2. The number of aromatic nitrogens is 1. The first-order valence-electron chi connectivity index (χ1n) is 5.85. The minimum absolute atomic E-state index is 0.189. The van der Waals surface area contributed by atoms with E-state index in [2.05, 4.69) is 15.6 Å². The zero-order valence-electron chi connectivity index (χ0n) is 10.6. The number of para-hydroxylation sites is 1. The third-order valence-electron chi connectivity index (χ3n) is 2.29. The van der Waals surface area contributed by atoms with Gasteiger partial charge in [-0.05, 0) is 19.1 Å². The molecule has 0 saturated heterocycles. The van der Waals surface area contributed by atoms with Gasteiger partial charge in [-0.25, -0.2) is 9.78 Å². The number of esters is 1. The van der Waals surface area contributed by atoms with Gasteiger partial charge in [0.05, 0.1) is 16.3 Å². The van der Waals surface area contributed by atoms with Crippen LogP contribution in [0.25, 0.3) is 10.2 Å². The van der Waals surface area contributed by atoms with Crippen LogP contribution in [0.3, 0.4) is 0 Å². The van der Waals surface area contributed by atoms with Gasteiger partial charge in [0.25, 0.3) is 0 Å². The van der Waals surface area contributed by atoms with E-state index in [0.29, 0.717) is 15.7 Å². The van der Waals surface area contributed by atoms with Crippen LogP contribution in [-0.2, 0) is 9.53 Å². The molecule has 0 bridgehead atoms. The van der Waals surface area contributed by atoms with Crippen molar-refractivity contribution in [3.05, 3.63) is 23.2 Å². The third kappa shape index (κ3) is 3.58. The summed E-state index contributed by atoms with van der Waals surface area (Å²) < 4.78 is 5.57. The number of hydrogen-bond acceptors (Lipinski definition) is 5. The van der Waals surface area contributed by atoms with Gasteiger partial charge in [0.2, 0.25) is 0 Å². The number of fused-ring (bicyclic) bond motifs is 1. The van der Waals surface area contributed by atoms with E-state index in [1.807, 2.05) is 12.1 Å². The number of ether oxygens (including phenoxy) is 1. The Hall–Kier alpha value is -1.86. The lowest BCUT2D eigenvalue weighted by atomic mass is 10.3. The summed E-state index contributed by atoms with van der Waals surface area (Å²) in [5, 5.41) is 5.87. The molecular formula is C12H12ClN3O3S. The van der Waals surface area contributed by atoms with Crippen molar-refractivity contribution < 1.29 is 14.3 Å². The van der Waals surface area contributed by atoms with Gasteiger partial charge in [-0.15, -0.1) is 0 Å². The molecule has 20 heavy (non-hydrogen) atoms. The molecule has 0 aliphatic carbocycles. The molecule has 6 nitrogen and oxygen atoms in total. The van der Waals surface area contributed by atoms with Crippen molar-refractivity contribution in [1.82, 2.24) is 10.3 Å². The number of rotatable bonds is 4. The minimum Gasteiger partial charge on any atom is -0.465 e. The molecule has 2 amide bonds. The number of carbonyl (C=O) groups excluding carboxylic acids is 2. The van der Waals surface area contributed by atoms with E-state index in [9.17, 15) is 9.59 Å². The molecule has 2 aromatic rings. The standard InChI is InChI=1S/C12H12ClN3O3S/c1-2-19-9(17)6-14-11(18)16-12-15-10-7(13)4-3-5-8(10)20-12/h3-5H,2,6H2,1H3,(H2,14,15,16,18). The fourth-order valence-corrected chi connectivity index (χ4v) is 2.63. The van der Waals surface area contributed by atoms with Crippen molar-refractivity contribution >= 4 is 50.3 Å². The molecule has 0 atom stereocenters. The van der Waals surface area contributed by atoms with Gasteiger partial charge in [-0.3, -0.25) is 10.1 Å². The maximum Gasteiger partial charge on any atom is 0.325 e. The molecule has 1 aromatic carbocycles. The first kappa shape index (κ1) is 14.5. The average molecular weight is 314 g/mol. The fourth-order valence-electron chi connectivity index (χ4n) is 1.47. The lowest BCUT2D eigenvalue weighted by molar-refractivity contribution is -0.141. The quantitative estimate of drug-likeness (QED) is 0.850. The minimum atomic E-state index is -0.520. The van der Waals surface area contributed by atoms with Crippen LogP contribution in [0.1, 0.15) is 6.92 Å². The maximum atomic E-state index is 11.6. The van der Waals surface area contributed by atoms with Crippen LogP contribution in [0.4, 0.5) is 9.93 Å². The molecule has 0 aliphatic heterocycles. The summed E-state index contributed by atoms with van der Waals surface area (Å²) in [5.74, 6) is -0.491. The molecule has 2 rings (SSSR count). The molecule has 0 unspecified atom stereocenters. The van der Waals surface area contributed by atoms with Crippen molar-refractivity contribution in [2.75, 3.05) is 18.5 Å². The second-order valence-corrected chi connectivity index (χ2v) is 5.16. The highest BCUT2D eigenvalue weighted by molar-refractivity contribution is 7.22. The van der Waals surface area contributed by atoms with Crippen LogP contribution in [0.15, 0.2) is 18.2 Å². The molecule has 0 spiro atoms. The molecule has 1 heterocycles. The van der Waals surface area contributed by atoms with E-state index < -0.39 is 12.0 Å². The van der Waals surface area contributed by atoms with Crippen molar-refractivity contribution in [1.29, 1.82) is 0 Å². The van der Waals surface area contributed by atoms with E-state index in [0.717, 1.165) is 4.70 Å². The van der Waals surface area contributed by atoms with Crippen LogP contribution in [0.2, 0.25) is 5.02 Å². The number of amides is 2. The Morgan fingerprint density at radius 3 is 2.95 bits per heavy atom. The van der Waals surface area contributed by atoms with Crippen molar-refractivity contribution in [2.24, 2.45) is 0 Å². The van der Waals surface area contributed by atoms with E-state index in [1.54, 1.807) is 13.0 Å².